The molecule has 1 unspecified atom stereocenters. The SMILES string of the molecule is CCCCC/C=C\C/C=C\C/C=C\C/C=C\CCCCO[C@H](CO[14C](=O)CCCCCCCCCCCCCCC)COP(=O)([O-])OCC[N+](C)(C)C. The van der Waals surface area contributed by atoms with E-state index in [2.05, 4.69) is 62.5 Å². The van der Waals surface area contributed by atoms with E-state index in [1.54, 1.807) is 0 Å². The van der Waals surface area contributed by atoms with Crippen LogP contribution >= 0.6 is 7.82 Å². The van der Waals surface area contributed by atoms with Gasteiger partial charge in [0.25, 0.3) is 7.82 Å². The Labute approximate surface area is 327 Å². The monoisotopic (exact) mass is 770 g/mol. The predicted octanol–water partition coefficient (Wildman–Crippen LogP) is 11.7. The van der Waals surface area contributed by atoms with Gasteiger partial charge in [-0.05, 0) is 57.8 Å². The van der Waals surface area contributed by atoms with Crippen LogP contribution in [0.5, 0.6) is 0 Å². The van der Waals surface area contributed by atoms with E-state index in [-0.39, 0.29) is 25.8 Å². The lowest BCUT2D eigenvalue weighted by Gasteiger charge is -2.28. The fourth-order valence-corrected chi connectivity index (χ4v) is 6.23. The smallest absolute Gasteiger partial charge is 0.305 e. The van der Waals surface area contributed by atoms with Crippen molar-refractivity contribution in [2.75, 3.05) is 54.1 Å². The second-order valence-corrected chi connectivity index (χ2v) is 16.8. The number of phosphoric ester groups is 1. The van der Waals surface area contributed by atoms with Crippen molar-refractivity contribution in [1.29, 1.82) is 0 Å². The molecule has 0 aromatic rings. The average Bonchev–Trinajstić information content (AvgIpc) is 3.11. The van der Waals surface area contributed by atoms with Gasteiger partial charge >= 0.3 is 5.97 Å². The van der Waals surface area contributed by atoms with Crippen LogP contribution in [0.3, 0.4) is 0 Å². The quantitative estimate of drug-likeness (QED) is 0.0202. The Hall–Kier alpha value is -1.54. The fourth-order valence-electron chi connectivity index (χ4n) is 5.50. The van der Waals surface area contributed by atoms with E-state index in [4.69, 9.17) is 18.5 Å². The summed E-state index contributed by atoms with van der Waals surface area (Å²) in [5, 5.41) is 0. The van der Waals surface area contributed by atoms with Crippen molar-refractivity contribution in [3.63, 3.8) is 0 Å². The first kappa shape index (κ1) is 51.5. The number of ether oxygens (including phenoxy) is 2. The molecule has 0 rings (SSSR count). The van der Waals surface area contributed by atoms with Gasteiger partial charge in [0.1, 0.15) is 25.9 Å². The van der Waals surface area contributed by atoms with Crippen molar-refractivity contribution >= 4 is 13.8 Å². The highest BCUT2D eigenvalue weighted by molar-refractivity contribution is 7.45. The summed E-state index contributed by atoms with van der Waals surface area (Å²) in [6.07, 6.45) is 44.2. The van der Waals surface area contributed by atoms with Gasteiger partial charge in [0.2, 0.25) is 0 Å². The molecule has 310 valence electrons. The molecular weight excluding hydrogens is 687 g/mol. The summed E-state index contributed by atoms with van der Waals surface area (Å²) in [6, 6.07) is 0. The molecule has 0 heterocycles. The Morgan fingerprint density at radius 2 is 1.04 bits per heavy atom. The summed E-state index contributed by atoms with van der Waals surface area (Å²) in [5.41, 5.74) is 0. The first-order valence-corrected chi connectivity index (χ1v) is 22.8. The molecule has 0 aliphatic heterocycles. The Kier molecular flexibility index (Phi) is 36.3. The molecular formula is C44H82NO7P. The second-order valence-electron chi connectivity index (χ2n) is 15.3. The van der Waals surface area contributed by atoms with Crippen molar-refractivity contribution in [3.05, 3.63) is 48.6 Å². The number of carbonyl (C=O) groups is 1. The largest absolute Gasteiger partial charge is 0.756 e. The number of hydrogen-bond donors (Lipinski definition) is 0. The van der Waals surface area contributed by atoms with Crippen molar-refractivity contribution in [2.45, 2.75) is 174 Å². The van der Waals surface area contributed by atoms with Crippen LogP contribution < -0.4 is 4.89 Å². The maximum absolute atomic E-state index is 12.5. The summed E-state index contributed by atoms with van der Waals surface area (Å²) in [5.74, 6) is -0.285. The average molecular weight is 770 g/mol. The third kappa shape index (κ3) is 41.5. The van der Waals surface area contributed by atoms with Crippen LogP contribution in [0.15, 0.2) is 48.6 Å². The molecule has 0 aromatic carbocycles. The molecule has 0 bridgehead atoms. The van der Waals surface area contributed by atoms with Gasteiger partial charge in [-0.15, -0.1) is 0 Å². The topological polar surface area (TPSA) is 94.1 Å². The molecule has 0 N–H and O–H groups in total. The first-order chi connectivity index (χ1) is 25.6. The molecule has 8 nitrogen and oxygen atoms in total. The maximum atomic E-state index is 12.5. The lowest BCUT2D eigenvalue weighted by Crippen LogP contribution is -2.37. The Morgan fingerprint density at radius 1 is 0.585 bits per heavy atom. The number of unbranched alkanes of at least 4 members (excludes halogenated alkanes) is 17. The zero-order chi connectivity index (χ0) is 39.1. The fraction of sp³-hybridized carbons (Fsp3) is 0.795. The molecule has 0 aromatic heterocycles. The third-order valence-electron chi connectivity index (χ3n) is 8.92. The van der Waals surface area contributed by atoms with Gasteiger partial charge < -0.3 is 27.9 Å². The number of allylic oxidation sites excluding steroid dienone is 8. The minimum Gasteiger partial charge on any atom is -0.756 e. The first-order valence-electron chi connectivity index (χ1n) is 21.4. The second kappa shape index (κ2) is 37.4. The lowest BCUT2D eigenvalue weighted by atomic mass is 10.0. The van der Waals surface area contributed by atoms with E-state index in [1.807, 2.05) is 21.1 Å². The Balaban J connectivity index is 4.34. The predicted molar refractivity (Wildman–Crippen MR) is 222 cm³/mol. The van der Waals surface area contributed by atoms with Crippen LogP contribution in [0, 0.1) is 0 Å². The number of nitrogens with zero attached hydrogens (tertiary/aromatic N) is 1. The van der Waals surface area contributed by atoms with Crippen LogP contribution in [0.2, 0.25) is 0 Å². The Morgan fingerprint density at radius 3 is 1.55 bits per heavy atom. The van der Waals surface area contributed by atoms with Gasteiger partial charge in [0.05, 0.1) is 27.7 Å². The third-order valence-corrected chi connectivity index (χ3v) is 9.89. The highest BCUT2D eigenvalue weighted by Crippen LogP contribution is 2.38. The van der Waals surface area contributed by atoms with Crippen LogP contribution in [0.1, 0.15) is 168 Å². The van der Waals surface area contributed by atoms with Gasteiger partial charge in [0, 0.05) is 13.0 Å². The van der Waals surface area contributed by atoms with Gasteiger partial charge in [-0.2, -0.15) is 0 Å². The van der Waals surface area contributed by atoms with E-state index in [0.29, 0.717) is 24.1 Å². The van der Waals surface area contributed by atoms with Crippen LogP contribution in [0.25, 0.3) is 0 Å². The van der Waals surface area contributed by atoms with Gasteiger partial charge in [-0.3, -0.25) is 9.36 Å². The summed E-state index contributed by atoms with van der Waals surface area (Å²) in [6.45, 7) is 5.16. The minimum atomic E-state index is -4.50. The summed E-state index contributed by atoms with van der Waals surface area (Å²) >= 11 is 0. The van der Waals surface area contributed by atoms with Crippen LogP contribution in [0.4, 0.5) is 0 Å². The van der Waals surface area contributed by atoms with Crippen molar-refractivity contribution < 1.29 is 37.3 Å². The standard InChI is InChI=1S/C44H82NO7P/c1-6-8-10-12-14-16-18-20-21-22-23-24-26-28-30-32-34-36-39-49-43(42-52-53(47,48)51-40-38-45(3,4)5)41-50-44(46)37-35-33-31-29-27-25-19-17-15-13-11-9-7-2/h14,16,20-21,23-24,28,30,43H,6-13,15,17-19,22,25-27,29,31-42H2,1-5H3/b16-14-,21-20-,24-23-,30-28-/t43-/m1/s1/i44+2. The number of likely N-dealkylation sites (N-methyl/N-ethyl adjacent to an activating group) is 1. The molecule has 0 spiro atoms. The Bertz CT molecular complexity index is 989. The van der Waals surface area contributed by atoms with Gasteiger partial charge in [0.15, 0.2) is 0 Å². The molecule has 0 fully saturated rings. The molecule has 53 heavy (non-hydrogen) atoms. The zero-order valence-electron chi connectivity index (χ0n) is 35.0. The normalized spacial score (nSPS) is 14.3. The van der Waals surface area contributed by atoms with Crippen molar-refractivity contribution in [1.82, 2.24) is 0 Å². The highest BCUT2D eigenvalue weighted by Gasteiger charge is 2.19. The van der Waals surface area contributed by atoms with E-state index < -0.39 is 13.9 Å². The number of quaternary nitrogens is 1. The molecule has 2 atom stereocenters. The molecule has 0 amide bonds. The number of rotatable bonds is 39. The molecule has 0 saturated carbocycles. The van der Waals surface area contributed by atoms with E-state index in [9.17, 15) is 14.3 Å². The van der Waals surface area contributed by atoms with Crippen molar-refractivity contribution in [3.8, 4) is 0 Å². The summed E-state index contributed by atoms with van der Waals surface area (Å²) in [4.78, 5) is 24.8. The molecule has 0 saturated heterocycles. The molecule has 9 heteroatoms. The molecule has 0 aliphatic rings. The van der Waals surface area contributed by atoms with E-state index in [0.717, 1.165) is 57.8 Å². The molecule has 0 aliphatic carbocycles. The number of esters is 1. The van der Waals surface area contributed by atoms with E-state index in [1.165, 1.54) is 89.9 Å². The zero-order valence-corrected chi connectivity index (χ0v) is 35.8. The maximum Gasteiger partial charge on any atom is 0.305 e. The summed E-state index contributed by atoms with van der Waals surface area (Å²) < 4.78 is 34.5. The van der Waals surface area contributed by atoms with Gasteiger partial charge in [-0.1, -0.05) is 152 Å². The molecule has 0 radical (unpaired) electrons. The minimum absolute atomic E-state index is 0.0292. The number of hydrogen-bond acceptors (Lipinski definition) is 7. The van der Waals surface area contributed by atoms with Crippen LogP contribution in [-0.2, 0) is 27.9 Å². The number of phosphoric acid groups is 1. The summed E-state index contributed by atoms with van der Waals surface area (Å²) in [7, 11) is 1.37. The highest BCUT2D eigenvalue weighted by atomic mass is 31.2. The number of carbonyl (C=O) groups excluding carboxylic acids is 1. The van der Waals surface area contributed by atoms with E-state index >= 15 is 0 Å². The van der Waals surface area contributed by atoms with Crippen molar-refractivity contribution in [2.24, 2.45) is 0 Å². The lowest BCUT2D eigenvalue weighted by molar-refractivity contribution is -0.870. The van der Waals surface area contributed by atoms with Gasteiger partial charge in [-0.25, -0.2) is 0 Å². The van der Waals surface area contributed by atoms with Crippen LogP contribution in [-0.4, -0.2) is 70.7 Å².